The molecule has 9 heteroatoms. The highest BCUT2D eigenvalue weighted by molar-refractivity contribution is 8.14. The van der Waals surface area contributed by atoms with Gasteiger partial charge in [0, 0.05) is 23.5 Å². The minimum atomic E-state index is -0.424. The van der Waals surface area contributed by atoms with Gasteiger partial charge in [-0.15, -0.1) is 0 Å². The van der Waals surface area contributed by atoms with E-state index >= 15 is 0 Å². The maximum absolute atomic E-state index is 11.7. The number of amides is 1. The molecule has 2 aromatic rings. The average molecular weight is 359 g/mol. The second kappa shape index (κ2) is 6.32. The van der Waals surface area contributed by atoms with Gasteiger partial charge in [0.2, 0.25) is 5.95 Å². The van der Waals surface area contributed by atoms with Crippen LogP contribution in [0.15, 0.2) is 30.5 Å². The topological polar surface area (TPSA) is 110 Å². The summed E-state index contributed by atoms with van der Waals surface area (Å²) in [7, 11) is 0. The fourth-order valence-corrected chi connectivity index (χ4v) is 3.78. The van der Waals surface area contributed by atoms with Gasteiger partial charge < -0.3 is 10.6 Å². The minimum absolute atomic E-state index is 0.0310. The molecule has 0 aliphatic carbocycles. The number of hydrogen-bond acceptors (Lipinski definition) is 7. The molecule has 1 saturated heterocycles. The van der Waals surface area contributed by atoms with Crippen LogP contribution in [-0.2, 0) is 0 Å². The van der Waals surface area contributed by atoms with Crippen LogP contribution in [0.3, 0.4) is 0 Å². The number of benzene rings is 1. The number of hydrogen-bond donors (Lipinski definition) is 2. The molecule has 0 saturated carbocycles. The lowest BCUT2D eigenvalue weighted by molar-refractivity contribution is -0.385. The van der Waals surface area contributed by atoms with Gasteiger partial charge in [-0.05, 0) is 32.9 Å². The molecule has 1 unspecified atom stereocenters. The van der Waals surface area contributed by atoms with Crippen LogP contribution in [0.2, 0.25) is 0 Å². The molecule has 25 heavy (non-hydrogen) atoms. The first-order valence-electron chi connectivity index (χ1n) is 7.60. The molecule has 0 radical (unpaired) electrons. The van der Waals surface area contributed by atoms with E-state index in [-0.39, 0.29) is 16.2 Å². The van der Waals surface area contributed by atoms with Crippen molar-refractivity contribution in [3.8, 4) is 0 Å². The van der Waals surface area contributed by atoms with Gasteiger partial charge in [-0.2, -0.15) is 0 Å². The number of aromatic nitrogens is 2. The third-order valence-corrected chi connectivity index (χ3v) is 5.29. The Kier molecular flexibility index (Phi) is 4.34. The summed E-state index contributed by atoms with van der Waals surface area (Å²) in [5.41, 5.74) is 1.44. The normalized spacial score (nSPS) is 18.7. The molecule has 3 rings (SSSR count). The number of thioether (sulfide) groups is 1. The zero-order valence-corrected chi connectivity index (χ0v) is 14.8. The third kappa shape index (κ3) is 3.55. The molecule has 1 aliphatic rings. The largest absolute Gasteiger partial charge is 0.341 e. The first kappa shape index (κ1) is 17.2. The predicted molar refractivity (Wildman–Crippen MR) is 96.1 cm³/mol. The molecule has 0 bridgehead atoms. The smallest absolute Gasteiger partial charge is 0.280 e. The van der Waals surface area contributed by atoms with Crippen LogP contribution in [0, 0.1) is 17.0 Å². The number of carbonyl (C=O) groups excluding carboxylic acids is 1. The van der Waals surface area contributed by atoms with Crippen LogP contribution in [0.1, 0.15) is 30.4 Å². The lowest BCUT2D eigenvalue weighted by atomic mass is 9.98. The van der Waals surface area contributed by atoms with Crippen LogP contribution in [0.5, 0.6) is 0 Å². The molecular weight excluding hydrogens is 342 g/mol. The lowest BCUT2D eigenvalue weighted by Crippen LogP contribution is -2.38. The molecule has 8 nitrogen and oxygen atoms in total. The maximum Gasteiger partial charge on any atom is 0.280 e. The Morgan fingerprint density at radius 3 is 2.76 bits per heavy atom. The van der Waals surface area contributed by atoms with Crippen LogP contribution in [0.25, 0.3) is 0 Å². The molecule has 1 amide bonds. The van der Waals surface area contributed by atoms with Gasteiger partial charge in [-0.25, -0.2) is 9.97 Å². The lowest BCUT2D eigenvalue weighted by Gasteiger charge is -2.24. The molecule has 1 aromatic carbocycles. The quantitative estimate of drug-likeness (QED) is 0.632. The van der Waals surface area contributed by atoms with Crippen LogP contribution >= 0.6 is 11.8 Å². The highest BCUT2D eigenvalue weighted by Crippen LogP contribution is 2.43. The van der Waals surface area contributed by atoms with E-state index in [1.54, 1.807) is 31.3 Å². The minimum Gasteiger partial charge on any atom is -0.341 e. The summed E-state index contributed by atoms with van der Waals surface area (Å²) in [5, 5.41) is 16.7. The molecule has 2 N–H and O–H groups in total. The van der Waals surface area contributed by atoms with Gasteiger partial charge in [-0.3, -0.25) is 14.9 Å². The summed E-state index contributed by atoms with van der Waals surface area (Å²) in [5.74, 6) is 0.325. The van der Waals surface area contributed by atoms with E-state index in [0.717, 1.165) is 0 Å². The van der Waals surface area contributed by atoms with Crippen molar-refractivity contribution >= 4 is 34.3 Å². The molecule has 1 atom stereocenters. The van der Waals surface area contributed by atoms with Crippen molar-refractivity contribution in [2.45, 2.75) is 31.6 Å². The fourth-order valence-electron chi connectivity index (χ4n) is 2.63. The van der Waals surface area contributed by atoms with E-state index in [1.807, 2.05) is 13.8 Å². The van der Waals surface area contributed by atoms with Crippen molar-refractivity contribution in [2.24, 2.45) is 0 Å². The molecule has 2 heterocycles. The van der Waals surface area contributed by atoms with Crippen molar-refractivity contribution in [3.63, 3.8) is 0 Å². The summed E-state index contributed by atoms with van der Waals surface area (Å²) < 4.78 is 0. The van der Waals surface area contributed by atoms with Crippen molar-refractivity contribution in [3.05, 3.63) is 51.8 Å². The Labute approximate surface area is 148 Å². The van der Waals surface area contributed by atoms with Gasteiger partial charge in [0.15, 0.2) is 0 Å². The van der Waals surface area contributed by atoms with Crippen LogP contribution < -0.4 is 10.6 Å². The number of nitro benzene ring substituents is 1. The van der Waals surface area contributed by atoms with Crippen molar-refractivity contribution in [1.29, 1.82) is 0 Å². The number of carbonyl (C=O) groups is 1. The van der Waals surface area contributed by atoms with Gasteiger partial charge in [0.25, 0.3) is 10.9 Å². The molecule has 130 valence electrons. The van der Waals surface area contributed by atoms with Gasteiger partial charge >= 0.3 is 0 Å². The zero-order chi connectivity index (χ0) is 18.2. The summed E-state index contributed by atoms with van der Waals surface area (Å²) in [4.78, 5) is 31.0. The number of nitrogens with one attached hydrogen (secondary N) is 2. The summed E-state index contributed by atoms with van der Waals surface area (Å²) in [6, 6.07) is 6.62. The van der Waals surface area contributed by atoms with Crippen molar-refractivity contribution < 1.29 is 9.72 Å². The van der Waals surface area contributed by atoms with Gasteiger partial charge in [0.05, 0.1) is 21.4 Å². The van der Waals surface area contributed by atoms with E-state index in [1.165, 1.54) is 17.8 Å². The highest BCUT2D eigenvalue weighted by Gasteiger charge is 2.42. The molecule has 1 aromatic heterocycles. The van der Waals surface area contributed by atoms with E-state index in [0.29, 0.717) is 22.9 Å². The van der Waals surface area contributed by atoms with E-state index in [4.69, 9.17) is 0 Å². The molecular formula is C16H17N5O3S. The van der Waals surface area contributed by atoms with E-state index in [2.05, 4.69) is 20.6 Å². The number of nitro groups is 1. The van der Waals surface area contributed by atoms with Gasteiger partial charge in [0.1, 0.15) is 0 Å². The Balaban J connectivity index is 1.87. The van der Waals surface area contributed by atoms with E-state index in [9.17, 15) is 14.9 Å². The van der Waals surface area contributed by atoms with E-state index < -0.39 is 10.5 Å². The van der Waals surface area contributed by atoms with Crippen LogP contribution in [-0.4, -0.2) is 25.7 Å². The summed E-state index contributed by atoms with van der Waals surface area (Å²) in [6.45, 7) is 5.56. The Morgan fingerprint density at radius 1 is 1.36 bits per heavy atom. The van der Waals surface area contributed by atoms with Crippen molar-refractivity contribution in [2.75, 3.05) is 5.32 Å². The average Bonchev–Trinajstić information content (AvgIpc) is 2.82. The predicted octanol–water partition coefficient (Wildman–Crippen LogP) is 3.71. The molecule has 1 fully saturated rings. The highest BCUT2D eigenvalue weighted by atomic mass is 32.2. The Hall–Kier alpha value is -2.68. The Morgan fingerprint density at radius 2 is 2.12 bits per heavy atom. The second-order valence-electron chi connectivity index (χ2n) is 6.32. The zero-order valence-electron chi connectivity index (χ0n) is 13.9. The first-order chi connectivity index (χ1) is 11.8. The van der Waals surface area contributed by atoms with Crippen molar-refractivity contribution in [1.82, 2.24) is 15.3 Å². The Bertz CT molecular complexity index is 855. The number of nitrogens with zero attached hydrogens (tertiary/aromatic N) is 3. The van der Waals surface area contributed by atoms with Gasteiger partial charge in [-0.1, -0.05) is 17.8 Å². The molecule has 1 aliphatic heterocycles. The number of aryl methyl sites for hydroxylation is 1. The number of rotatable bonds is 4. The molecule has 0 spiro atoms. The second-order valence-corrected chi connectivity index (χ2v) is 7.40. The SMILES string of the molecule is Cc1ccc(Nc2nccc(C3SC(=O)NC3(C)C)n2)cc1[N+](=O)[O-]. The number of anilines is 2. The maximum atomic E-state index is 11.7. The summed E-state index contributed by atoms with van der Waals surface area (Å²) >= 11 is 1.19. The standard InChI is InChI=1S/C16H17N5O3S/c1-9-4-5-10(8-12(9)21(23)24)18-14-17-7-6-11(19-14)13-16(2,3)20-15(22)25-13/h4-8,13H,1-3H3,(H,20,22)(H,17,18,19). The first-order valence-corrected chi connectivity index (χ1v) is 8.48. The summed E-state index contributed by atoms with van der Waals surface area (Å²) in [6.07, 6.45) is 1.60. The monoisotopic (exact) mass is 359 g/mol. The van der Waals surface area contributed by atoms with Crippen LogP contribution in [0.4, 0.5) is 22.1 Å². The third-order valence-electron chi connectivity index (χ3n) is 3.91. The fraction of sp³-hybridized carbons (Fsp3) is 0.312.